The lowest BCUT2D eigenvalue weighted by atomic mass is 10.1. The molecule has 1 heterocycles. The van der Waals surface area contributed by atoms with Crippen molar-refractivity contribution in [3.8, 4) is 11.5 Å². The van der Waals surface area contributed by atoms with Crippen LogP contribution in [0.5, 0.6) is 11.5 Å². The predicted molar refractivity (Wildman–Crippen MR) is 101 cm³/mol. The highest BCUT2D eigenvalue weighted by Crippen LogP contribution is 2.38. The van der Waals surface area contributed by atoms with Crippen LogP contribution in [0.1, 0.15) is 26.3 Å². The van der Waals surface area contributed by atoms with Gasteiger partial charge in [-0.05, 0) is 56.3 Å². The van der Waals surface area contributed by atoms with E-state index in [4.69, 9.17) is 14.6 Å². The summed E-state index contributed by atoms with van der Waals surface area (Å²) in [5.41, 5.74) is 0.616. The molecule has 0 saturated carbocycles. The standard InChI is InChI=1S/C17H18BrNO6S/c1-4-24-12-5-10(11(18)7-13(12)25-8-15(20)21)6-14-16(22)19(9(2)3)17(23)26-14/h5-7,9H,4,8H2,1-3H3,(H,20,21)/b14-6+. The Morgan fingerprint density at radius 1 is 1.31 bits per heavy atom. The fraction of sp³-hybridized carbons (Fsp3) is 0.353. The van der Waals surface area contributed by atoms with E-state index in [-0.39, 0.29) is 22.9 Å². The second-order valence-electron chi connectivity index (χ2n) is 5.58. The summed E-state index contributed by atoms with van der Waals surface area (Å²) in [5, 5.41) is 8.46. The van der Waals surface area contributed by atoms with E-state index in [0.717, 1.165) is 11.8 Å². The van der Waals surface area contributed by atoms with Crippen molar-refractivity contribution in [3.05, 3.63) is 27.1 Å². The number of thioether (sulfide) groups is 1. The van der Waals surface area contributed by atoms with E-state index in [1.165, 1.54) is 4.90 Å². The van der Waals surface area contributed by atoms with Crippen LogP contribution in [0, 0.1) is 0 Å². The fourth-order valence-electron chi connectivity index (χ4n) is 2.25. The molecule has 1 aliphatic heterocycles. The number of carboxylic acid groups (broad SMARTS) is 1. The number of ether oxygens (including phenoxy) is 2. The predicted octanol–water partition coefficient (Wildman–Crippen LogP) is 3.76. The summed E-state index contributed by atoms with van der Waals surface area (Å²) in [6.45, 7) is 5.19. The van der Waals surface area contributed by atoms with Crippen molar-refractivity contribution in [3.63, 3.8) is 0 Å². The Labute approximate surface area is 163 Å². The highest BCUT2D eigenvalue weighted by atomic mass is 79.9. The maximum absolute atomic E-state index is 12.4. The Hall–Kier alpha value is -2.00. The summed E-state index contributed by atoms with van der Waals surface area (Å²) in [7, 11) is 0. The SMILES string of the molecule is CCOc1cc(/C=C2/SC(=O)N(C(C)C)C2=O)c(Br)cc1OCC(=O)O. The monoisotopic (exact) mass is 443 g/mol. The molecule has 2 rings (SSSR count). The molecule has 1 aliphatic rings. The van der Waals surface area contributed by atoms with Crippen molar-refractivity contribution >= 4 is 50.9 Å². The second kappa shape index (κ2) is 8.59. The molecular weight excluding hydrogens is 426 g/mol. The summed E-state index contributed by atoms with van der Waals surface area (Å²) >= 11 is 4.26. The third-order valence-corrected chi connectivity index (χ3v) is 4.91. The Morgan fingerprint density at radius 2 is 1.96 bits per heavy atom. The molecule has 1 aromatic carbocycles. The van der Waals surface area contributed by atoms with Crippen molar-refractivity contribution in [2.24, 2.45) is 0 Å². The highest BCUT2D eigenvalue weighted by molar-refractivity contribution is 9.10. The zero-order valence-electron chi connectivity index (χ0n) is 14.4. The number of hydrogen-bond donors (Lipinski definition) is 1. The number of nitrogens with zero attached hydrogens (tertiary/aromatic N) is 1. The third-order valence-electron chi connectivity index (χ3n) is 3.34. The molecule has 0 aromatic heterocycles. The molecule has 0 unspecified atom stereocenters. The van der Waals surface area contributed by atoms with Gasteiger partial charge in [0.1, 0.15) is 0 Å². The molecule has 26 heavy (non-hydrogen) atoms. The minimum absolute atomic E-state index is 0.220. The zero-order chi connectivity index (χ0) is 19.4. The van der Waals surface area contributed by atoms with E-state index in [1.807, 2.05) is 0 Å². The van der Waals surface area contributed by atoms with Crippen LogP contribution in [0.25, 0.3) is 6.08 Å². The van der Waals surface area contributed by atoms with Gasteiger partial charge in [0.2, 0.25) is 0 Å². The van der Waals surface area contributed by atoms with E-state index in [2.05, 4.69) is 15.9 Å². The number of carbonyl (C=O) groups excluding carboxylic acids is 2. The maximum atomic E-state index is 12.4. The normalized spacial score (nSPS) is 15.9. The fourth-order valence-corrected chi connectivity index (χ4v) is 3.64. The first-order valence-electron chi connectivity index (χ1n) is 7.82. The van der Waals surface area contributed by atoms with E-state index in [1.54, 1.807) is 39.0 Å². The van der Waals surface area contributed by atoms with Crippen molar-refractivity contribution < 1.29 is 29.0 Å². The van der Waals surface area contributed by atoms with E-state index in [0.29, 0.717) is 27.3 Å². The van der Waals surface area contributed by atoms with Gasteiger partial charge < -0.3 is 14.6 Å². The Balaban J connectivity index is 2.38. The summed E-state index contributed by atoms with van der Waals surface area (Å²) in [5.74, 6) is -0.819. The molecule has 140 valence electrons. The van der Waals surface area contributed by atoms with Crippen LogP contribution < -0.4 is 9.47 Å². The molecule has 1 N–H and O–H groups in total. The third kappa shape index (κ3) is 4.59. The van der Waals surface area contributed by atoms with Gasteiger partial charge in [0.15, 0.2) is 18.1 Å². The maximum Gasteiger partial charge on any atom is 0.341 e. The van der Waals surface area contributed by atoms with Gasteiger partial charge in [0.05, 0.1) is 11.5 Å². The molecule has 1 fully saturated rings. The number of carboxylic acids is 1. The Kier molecular flexibility index (Phi) is 6.71. The molecule has 0 atom stereocenters. The van der Waals surface area contributed by atoms with Gasteiger partial charge in [0.25, 0.3) is 11.1 Å². The van der Waals surface area contributed by atoms with E-state index >= 15 is 0 Å². The Bertz CT molecular complexity index is 777. The van der Waals surface area contributed by atoms with E-state index in [9.17, 15) is 14.4 Å². The number of carbonyl (C=O) groups is 3. The average Bonchev–Trinajstić information content (AvgIpc) is 2.83. The smallest absolute Gasteiger partial charge is 0.341 e. The zero-order valence-corrected chi connectivity index (χ0v) is 16.8. The van der Waals surface area contributed by atoms with Gasteiger partial charge in [-0.25, -0.2) is 4.79 Å². The van der Waals surface area contributed by atoms with E-state index < -0.39 is 12.6 Å². The minimum atomic E-state index is -1.10. The molecule has 2 amide bonds. The van der Waals surface area contributed by atoms with Crippen molar-refractivity contribution in [1.29, 1.82) is 0 Å². The van der Waals surface area contributed by atoms with Crippen molar-refractivity contribution in [2.75, 3.05) is 13.2 Å². The number of imide groups is 1. The first-order chi connectivity index (χ1) is 12.2. The molecule has 9 heteroatoms. The summed E-state index contributed by atoms with van der Waals surface area (Å²) in [6, 6.07) is 2.99. The molecule has 0 spiro atoms. The lowest BCUT2D eigenvalue weighted by molar-refractivity contribution is -0.139. The second-order valence-corrected chi connectivity index (χ2v) is 7.43. The first kappa shape index (κ1) is 20.3. The van der Waals surface area contributed by atoms with Crippen LogP contribution in [0.3, 0.4) is 0 Å². The minimum Gasteiger partial charge on any atom is -0.490 e. The molecule has 7 nitrogen and oxygen atoms in total. The summed E-state index contributed by atoms with van der Waals surface area (Å²) in [6.07, 6.45) is 1.60. The van der Waals surface area contributed by atoms with Crippen LogP contribution in [-0.2, 0) is 9.59 Å². The van der Waals surface area contributed by atoms with Crippen LogP contribution in [-0.4, -0.2) is 46.4 Å². The van der Waals surface area contributed by atoms with Gasteiger partial charge >= 0.3 is 5.97 Å². The van der Waals surface area contributed by atoms with Gasteiger partial charge in [-0.1, -0.05) is 15.9 Å². The van der Waals surface area contributed by atoms with Gasteiger partial charge in [-0.3, -0.25) is 14.5 Å². The first-order valence-corrected chi connectivity index (χ1v) is 9.43. The lowest BCUT2D eigenvalue weighted by Crippen LogP contribution is -2.34. The van der Waals surface area contributed by atoms with Gasteiger partial charge in [0, 0.05) is 10.5 Å². The number of halogens is 1. The Morgan fingerprint density at radius 3 is 2.50 bits per heavy atom. The van der Waals surface area contributed by atoms with Crippen molar-refractivity contribution in [2.45, 2.75) is 26.8 Å². The largest absolute Gasteiger partial charge is 0.490 e. The number of amides is 2. The molecule has 1 saturated heterocycles. The van der Waals surface area contributed by atoms with Crippen LogP contribution >= 0.6 is 27.7 Å². The molecule has 0 bridgehead atoms. The molecule has 0 aliphatic carbocycles. The van der Waals surface area contributed by atoms with Gasteiger partial charge in [-0.2, -0.15) is 0 Å². The van der Waals surface area contributed by atoms with Gasteiger partial charge in [-0.15, -0.1) is 0 Å². The number of benzene rings is 1. The lowest BCUT2D eigenvalue weighted by Gasteiger charge is -2.16. The van der Waals surface area contributed by atoms with Crippen LogP contribution in [0.4, 0.5) is 4.79 Å². The molecular formula is C17H18BrNO6S. The topological polar surface area (TPSA) is 93.1 Å². The number of hydrogen-bond acceptors (Lipinski definition) is 6. The summed E-state index contributed by atoms with van der Waals surface area (Å²) < 4.78 is 11.3. The van der Waals surface area contributed by atoms with Crippen molar-refractivity contribution in [1.82, 2.24) is 4.90 Å². The number of aliphatic carboxylic acids is 1. The average molecular weight is 444 g/mol. The molecule has 0 radical (unpaired) electrons. The molecule has 1 aromatic rings. The number of rotatable bonds is 7. The summed E-state index contributed by atoms with van der Waals surface area (Å²) in [4.78, 5) is 36.6. The van der Waals surface area contributed by atoms with Crippen LogP contribution in [0.2, 0.25) is 0 Å². The highest BCUT2D eigenvalue weighted by Gasteiger charge is 2.36. The quantitative estimate of drug-likeness (QED) is 0.641. The van der Waals surface area contributed by atoms with Crippen LogP contribution in [0.15, 0.2) is 21.5 Å².